The Morgan fingerprint density at radius 1 is 0.561 bits per heavy atom. The Balaban J connectivity index is 0.00000147. The first-order chi connectivity index (χ1) is 17.8. The summed E-state index contributed by atoms with van der Waals surface area (Å²) in [5, 5.41) is -0.415. The number of para-hydroxylation sites is 1. The molecule has 41 heavy (non-hydrogen) atoms. The van der Waals surface area contributed by atoms with Crippen molar-refractivity contribution in [3.63, 3.8) is 0 Å². The second kappa shape index (κ2) is 13.8. The normalized spacial score (nSPS) is 14.9. The summed E-state index contributed by atoms with van der Waals surface area (Å²) in [4.78, 5) is 56.2. The largest absolute Gasteiger partial charge is 0.699 e. The van der Waals surface area contributed by atoms with Gasteiger partial charge in [-0.1, -0.05) is 36.4 Å². The number of allylic oxidation sites excluding steroid dienone is 5. The molecular weight excluding hydrogens is 828 g/mol. The van der Waals surface area contributed by atoms with E-state index in [-0.39, 0.29) is 175 Å². The summed E-state index contributed by atoms with van der Waals surface area (Å²) >= 11 is 0. The van der Waals surface area contributed by atoms with Crippen LogP contribution in [0.1, 0.15) is 47.9 Å². The van der Waals surface area contributed by atoms with Gasteiger partial charge in [-0.15, -0.1) is 22.7 Å². The molecule has 0 unspecified atom stereocenters. The molecule has 6 rings (SSSR count). The minimum absolute atomic E-state index is 0. The van der Waals surface area contributed by atoms with Crippen LogP contribution in [0.4, 0.5) is 28.4 Å². The molecule has 3 aromatic carbocycles. The summed E-state index contributed by atoms with van der Waals surface area (Å²) in [5.74, 6) is -3.61. The Morgan fingerprint density at radius 2 is 0.976 bits per heavy atom. The van der Waals surface area contributed by atoms with Gasteiger partial charge in [0.1, 0.15) is 0 Å². The molecule has 0 fully saturated rings. The zero-order valence-electron chi connectivity index (χ0n) is 21.3. The number of carbonyl (C=O) groups excluding carboxylic acids is 4. The van der Waals surface area contributed by atoms with Gasteiger partial charge in [-0.2, -0.15) is 0 Å². The van der Waals surface area contributed by atoms with Gasteiger partial charge in [0.25, 0.3) is 23.6 Å². The van der Waals surface area contributed by atoms with E-state index in [0.29, 0.717) is 6.42 Å². The first-order valence-electron chi connectivity index (χ1n) is 11.2. The molecule has 0 atom stereocenters. The molecular formula is C27H16N6O4Y4-4. The number of nitrogens with one attached hydrogen (secondary N) is 4. The fraction of sp³-hybridized carbons (Fsp3) is 0.0370. The number of rotatable bonds is 2. The third-order valence-electron chi connectivity index (χ3n) is 6.65. The molecule has 0 saturated carbocycles. The number of imide groups is 2. The van der Waals surface area contributed by atoms with Gasteiger partial charge >= 0.3 is 0 Å². The summed E-state index contributed by atoms with van der Waals surface area (Å²) in [6, 6.07) is 7.92. The summed E-state index contributed by atoms with van der Waals surface area (Å²) in [5.41, 5.74) is 31.2. The van der Waals surface area contributed by atoms with Crippen molar-refractivity contribution in [1.82, 2.24) is 4.90 Å². The molecule has 194 valence electrons. The average Bonchev–Trinajstić information content (AvgIpc) is 3.16. The van der Waals surface area contributed by atoms with E-state index in [0.717, 1.165) is 9.80 Å². The minimum Gasteiger partial charge on any atom is -0.699 e. The van der Waals surface area contributed by atoms with Crippen LogP contribution < -0.4 is 4.90 Å². The second-order valence-corrected chi connectivity index (χ2v) is 8.63. The molecule has 0 aromatic heterocycles. The van der Waals surface area contributed by atoms with E-state index < -0.39 is 46.4 Å². The number of hydrogen-bond donors (Lipinski definition) is 0. The Bertz CT molecular complexity index is 1650. The van der Waals surface area contributed by atoms with Gasteiger partial charge in [0, 0.05) is 164 Å². The van der Waals surface area contributed by atoms with Crippen molar-refractivity contribution in [1.29, 1.82) is 0 Å². The van der Waals surface area contributed by atoms with Gasteiger partial charge < -0.3 is 22.9 Å². The Hall–Kier alpha value is -0.964. The summed E-state index contributed by atoms with van der Waals surface area (Å²) in [6.07, 6.45) is 8.87. The van der Waals surface area contributed by atoms with Crippen molar-refractivity contribution >= 4 is 62.8 Å². The van der Waals surface area contributed by atoms with Crippen LogP contribution in [-0.4, -0.2) is 28.5 Å². The summed E-state index contributed by atoms with van der Waals surface area (Å²) < 4.78 is 0. The Labute approximate surface area is 335 Å². The van der Waals surface area contributed by atoms with E-state index in [4.69, 9.17) is 22.9 Å². The molecule has 3 aromatic rings. The van der Waals surface area contributed by atoms with Crippen LogP contribution in [0.15, 0.2) is 66.4 Å². The van der Waals surface area contributed by atoms with Crippen LogP contribution in [0.25, 0.3) is 33.7 Å². The van der Waals surface area contributed by atoms with Gasteiger partial charge in [-0.05, 0) is 30.7 Å². The van der Waals surface area contributed by atoms with Crippen LogP contribution in [0, 0.1) is 0 Å². The minimum atomic E-state index is -0.904. The van der Waals surface area contributed by atoms with Crippen molar-refractivity contribution in [2.75, 3.05) is 4.90 Å². The average molecular weight is 844 g/mol. The molecule has 14 heteroatoms. The first-order valence-corrected chi connectivity index (χ1v) is 11.2. The van der Waals surface area contributed by atoms with Crippen molar-refractivity contribution in [2.24, 2.45) is 0 Å². The third kappa shape index (κ3) is 5.35. The predicted octanol–water partition coefficient (Wildman–Crippen LogP) is 7.36. The molecule has 3 aliphatic rings. The standard InChI is InChI=1S/C27H20N6O4.4Y/c28-20-16-14-15-18(22(20)30)26(36)33(13-10-6-3-7-11-13)27(37)19(15)23(31)21(29)17(14)25(35)32(24(16)34)12-8-4-1-2-5-9-12;;;;/h1,3-11H,2H2,(H8,28,29,30,31,34,35,36,37);;;;/p-4. The van der Waals surface area contributed by atoms with Crippen molar-refractivity contribution in [3.05, 3.63) is 112 Å². The van der Waals surface area contributed by atoms with Gasteiger partial charge in [-0.3, -0.25) is 19.2 Å². The van der Waals surface area contributed by atoms with Gasteiger partial charge in [0.05, 0.1) is 11.4 Å². The third-order valence-corrected chi connectivity index (χ3v) is 6.65. The predicted molar refractivity (Wildman–Crippen MR) is 139 cm³/mol. The van der Waals surface area contributed by atoms with Crippen LogP contribution >= 0.6 is 0 Å². The van der Waals surface area contributed by atoms with E-state index in [1.54, 1.807) is 36.4 Å². The SMILES string of the molecule is [NH-]c1c([NH-])c2c3c(c([NH-])c([NH-])c4c3c1C(=O)N(C1=CC=CCC=C1)C4=O)C(=O)N(c1ccccc1)C2=O.[Y].[Y].[Y].[Y]. The zero-order chi connectivity index (χ0) is 26.2. The molecule has 0 bridgehead atoms. The number of benzene rings is 3. The van der Waals surface area contributed by atoms with Crippen LogP contribution in [0.3, 0.4) is 0 Å². The van der Waals surface area contributed by atoms with Gasteiger partial charge in [-0.25, -0.2) is 9.80 Å². The van der Waals surface area contributed by atoms with E-state index >= 15 is 0 Å². The monoisotopic (exact) mass is 844 g/mol. The molecule has 10 nitrogen and oxygen atoms in total. The van der Waals surface area contributed by atoms with Crippen LogP contribution in [0.5, 0.6) is 0 Å². The van der Waals surface area contributed by atoms with E-state index in [9.17, 15) is 19.2 Å². The van der Waals surface area contributed by atoms with Crippen molar-refractivity contribution in [2.45, 2.75) is 6.42 Å². The number of nitrogens with zero attached hydrogens (tertiary/aromatic N) is 2. The second-order valence-electron chi connectivity index (χ2n) is 8.63. The maximum absolute atomic E-state index is 13.7. The quantitative estimate of drug-likeness (QED) is 0.246. The Morgan fingerprint density at radius 3 is 1.41 bits per heavy atom. The summed E-state index contributed by atoms with van der Waals surface area (Å²) in [7, 11) is 0. The molecule has 0 saturated heterocycles. The first kappa shape index (κ1) is 36.2. The fourth-order valence-electron chi connectivity index (χ4n) is 5.00. The molecule has 4 N–H and O–H groups in total. The van der Waals surface area contributed by atoms with E-state index in [1.807, 2.05) is 6.08 Å². The number of carbonyl (C=O) groups is 4. The van der Waals surface area contributed by atoms with Crippen molar-refractivity contribution < 1.29 is 150 Å². The smallest absolute Gasteiger partial charge is 0.264 e. The van der Waals surface area contributed by atoms with E-state index in [1.165, 1.54) is 18.2 Å². The zero-order valence-corrected chi connectivity index (χ0v) is 32.7. The number of anilines is 1. The molecule has 4 radical (unpaired) electrons. The summed E-state index contributed by atoms with van der Waals surface area (Å²) in [6.45, 7) is 0. The molecule has 2 heterocycles. The maximum atomic E-state index is 13.7. The van der Waals surface area contributed by atoms with Gasteiger partial charge in [0.2, 0.25) is 0 Å². The van der Waals surface area contributed by atoms with Crippen molar-refractivity contribution in [3.8, 4) is 0 Å². The fourth-order valence-corrected chi connectivity index (χ4v) is 5.00. The Kier molecular flexibility index (Phi) is 12.2. The molecule has 2 aliphatic heterocycles. The van der Waals surface area contributed by atoms with Crippen LogP contribution in [-0.2, 0) is 131 Å². The van der Waals surface area contributed by atoms with E-state index in [2.05, 4.69) is 0 Å². The number of amides is 4. The van der Waals surface area contributed by atoms with Gasteiger partial charge in [0.15, 0.2) is 0 Å². The number of hydrogen-bond acceptors (Lipinski definition) is 4. The molecule has 4 amide bonds. The van der Waals surface area contributed by atoms with Crippen LogP contribution in [0.2, 0.25) is 0 Å². The molecule has 1 aliphatic carbocycles. The molecule has 0 spiro atoms. The topological polar surface area (TPSA) is 170 Å². The maximum Gasteiger partial charge on any atom is 0.264 e.